The van der Waals surface area contributed by atoms with E-state index in [0.717, 1.165) is 25.0 Å². The fourth-order valence-electron chi connectivity index (χ4n) is 3.77. The minimum absolute atomic E-state index is 0.163. The molecule has 3 rings (SSSR count). The molecule has 0 aromatic heterocycles. The topological polar surface area (TPSA) is 38.5 Å². The predicted molar refractivity (Wildman–Crippen MR) is 90.9 cm³/mol. The minimum Gasteiger partial charge on any atom is -0.389 e. The highest BCUT2D eigenvalue weighted by atomic mass is 32.1. The molecule has 1 spiro atoms. The summed E-state index contributed by atoms with van der Waals surface area (Å²) in [4.78, 5) is 2.85. The molecule has 1 aliphatic carbocycles. The van der Waals surface area contributed by atoms with Crippen molar-refractivity contribution >= 4 is 22.9 Å². The molecule has 1 aromatic carbocycles. The highest BCUT2D eigenvalue weighted by Gasteiger charge is 2.40. The number of benzene rings is 1. The van der Waals surface area contributed by atoms with Gasteiger partial charge in [0.1, 0.15) is 4.99 Å². The molecule has 0 bridgehead atoms. The maximum Gasteiger partial charge on any atom is 0.103 e. The van der Waals surface area contributed by atoms with Crippen LogP contribution in [0.15, 0.2) is 24.3 Å². The van der Waals surface area contributed by atoms with E-state index in [-0.39, 0.29) is 5.60 Å². The fraction of sp³-hybridized carbons (Fsp3) is 0.588. The molecule has 3 nitrogen and oxygen atoms in total. The molecule has 2 aliphatic rings. The number of nitrogens with zero attached hydrogens (tertiary/aromatic N) is 1. The van der Waals surface area contributed by atoms with Crippen LogP contribution in [0.25, 0.3) is 0 Å². The number of anilines is 1. The standard InChI is InChI=1S/C17H24N2OS/c1-19(14-6-4-13(5-7-14)16(18)21)15-8-11-20-17(12-15)9-2-3-10-17/h4-7,15H,2-3,8-12H2,1H3,(H2,18,21). The van der Waals surface area contributed by atoms with Gasteiger partial charge in [-0.25, -0.2) is 0 Å². The van der Waals surface area contributed by atoms with Crippen molar-refractivity contribution in [3.05, 3.63) is 29.8 Å². The van der Waals surface area contributed by atoms with Gasteiger partial charge in [0.2, 0.25) is 0 Å². The van der Waals surface area contributed by atoms with Crippen molar-refractivity contribution in [3.63, 3.8) is 0 Å². The summed E-state index contributed by atoms with van der Waals surface area (Å²) in [5, 5.41) is 0. The first-order valence-electron chi connectivity index (χ1n) is 7.86. The van der Waals surface area contributed by atoms with Crippen LogP contribution in [-0.2, 0) is 4.74 Å². The normalized spacial score (nSPS) is 24.1. The molecule has 114 valence electrons. The Labute approximate surface area is 132 Å². The summed E-state index contributed by atoms with van der Waals surface area (Å²) in [6.45, 7) is 0.889. The molecule has 1 saturated carbocycles. The van der Waals surface area contributed by atoms with Crippen LogP contribution in [0.5, 0.6) is 0 Å². The first-order chi connectivity index (χ1) is 10.1. The number of nitrogens with two attached hydrogens (primary N) is 1. The van der Waals surface area contributed by atoms with Crippen molar-refractivity contribution in [1.82, 2.24) is 0 Å². The Morgan fingerprint density at radius 1 is 1.29 bits per heavy atom. The summed E-state index contributed by atoms with van der Waals surface area (Å²) in [5.41, 5.74) is 7.99. The van der Waals surface area contributed by atoms with Gasteiger partial charge in [0, 0.05) is 30.9 Å². The average Bonchev–Trinajstić information content (AvgIpc) is 2.94. The Morgan fingerprint density at radius 3 is 2.57 bits per heavy atom. The van der Waals surface area contributed by atoms with E-state index in [2.05, 4.69) is 24.1 Å². The minimum atomic E-state index is 0.163. The van der Waals surface area contributed by atoms with Crippen molar-refractivity contribution in [1.29, 1.82) is 0 Å². The molecule has 1 aliphatic heterocycles. The van der Waals surface area contributed by atoms with Crippen LogP contribution in [0.4, 0.5) is 5.69 Å². The van der Waals surface area contributed by atoms with Crippen molar-refractivity contribution in [2.75, 3.05) is 18.6 Å². The Morgan fingerprint density at radius 2 is 1.95 bits per heavy atom. The Balaban J connectivity index is 1.71. The van der Waals surface area contributed by atoms with E-state index >= 15 is 0 Å². The predicted octanol–water partition coefficient (Wildman–Crippen LogP) is 3.25. The van der Waals surface area contributed by atoms with Gasteiger partial charge in [0.05, 0.1) is 5.60 Å². The second-order valence-electron chi connectivity index (χ2n) is 6.41. The largest absolute Gasteiger partial charge is 0.389 e. The second kappa shape index (κ2) is 5.93. The lowest BCUT2D eigenvalue weighted by molar-refractivity contribution is -0.0795. The van der Waals surface area contributed by atoms with Gasteiger partial charge in [-0.05, 0) is 49.9 Å². The number of rotatable bonds is 3. The third kappa shape index (κ3) is 3.06. The maximum atomic E-state index is 6.13. The number of ether oxygens (including phenoxy) is 1. The van der Waals surface area contributed by atoms with Crippen LogP contribution in [-0.4, -0.2) is 30.3 Å². The molecule has 2 N–H and O–H groups in total. The van der Waals surface area contributed by atoms with Crippen molar-refractivity contribution in [2.24, 2.45) is 5.73 Å². The van der Waals surface area contributed by atoms with E-state index in [1.165, 1.54) is 31.4 Å². The van der Waals surface area contributed by atoms with E-state index in [9.17, 15) is 0 Å². The van der Waals surface area contributed by atoms with Crippen molar-refractivity contribution < 1.29 is 4.74 Å². The summed E-state index contributed by atoms with van der Waals surface area (Å²) >= 11 is 5.01. The molecule has 4 heteroatoms. The molecule has 0 radical (unpaired) electrons. The molecule has 1 saturated heterocycles. The molecule has 1 atom stereocenters. The van der Waals surface area contributed by atoms with Gasteiger partial charge in [-0.1, -0.05) is 25.1 Å². The molecule has 21 heavy (non-hydrogen) atoms. The number of hydrogen-bond acceptors (Lipinski definition) is 3. The molecular formula is C17H24N2OS. The smallest absolute Gasteiger partial charge is 0.103 e. The average molecular weight is 304 g/mol. The van der Waals surface area contributed by atoms with Crippen LogP contribution in [0.1, 0.15) is 44.1 Å². The lowest BCUT2D eigenvalue weighted by Gasteiger charge is -2.42. The third-order valence-corrected chi connectivity index (χ3v) is 5.32. The fourth-order valence-corrected chi connectivity index (χ4v) is 3.91. The molecule has 0 amide bonds. The zero-order chi connectivity index (χ0) is 14.9. The zero-order valence-corrected chi connectivity index (χ0v) is 13.5. The van der Waals surface area contributed by atoms with Gasteiger partial charge in [-0.15, -0.1) is 0 Å². The summed E-state index contributed by atoms with van der Waals surface area (Å²) < 4.78 is 6.13. The Bertz CT molecular complexity index is 508. The Kier molecular flexibility index (Phi) is 4.18. The van der Waals surface area contributed by atoms with Gasteiger partial charge >= 0.3 is 0 Å². The molecule has 1 aromatic rings. The summed E-state index contributed by atoms with van der Waals surface area (Å²) in [6.07, 6.45) is 7.36. The lowest BCUT2D eigenvalue weighted by Crippen LogP contribution is -2.46. The summed E-state index contributed by atoms with van der Waals surface area (Å²) in [6, 6.07) is 8.82. The van der Waals surface area contributed by atoms with Crippen molar-refractivity contribution in [2.45, 2.75) is 50.2 Å². The number of thiocarbonyl (C=S) groups is 1. The molecule has 1 heterocycles. The highest BCUT2D eigenvalue weighted by Crippen LogP contribution is 2.41. The molecule has 2 fully saturated rings. The monoisotopic (exact) mass is 304 g/mol. The van der Waals surface area contributed by atoms with E-state index in [0.29, 0.717) is 11.0 Å². The van der Waals surface area contributed by atoms with Gasteiger partial charge in [0.15, 0.2) is 0 Å². The van der Waals surface area contributed by atoms with Crippen LogP contribution >= 0.6 is 12.2 Å². The molecular weight excluding hydrogens is 280 g/mol. The molecule has 1 unspecified atom stereocenters. The van der Waals surface area contributed by atoms with E-state index < -0.39 is 0 Å². The van der Waals surface area contributed by atoms with Gasteiger partial charge < -0.3 is 15.4 Å². The highest BCUT2D eigenvalue weighted by molar-refractivity contribution is 7.80. The first-order valence-corrected chi connectivity index (χ1v) is 8.27. The number of hydrogen-bond donors (Lipinski definition) is 1. The van der Waals surface area contributed by atoms with Crippen LogP contribution in [0.3, 0.4) is 0 Å². The van der Waals surface area contributed by atoms with Crippen molar-refractivity contribution in [3.8, 4) is 0 Å². The third-order valence-electron chi connectivity index (χ3n) is 5.09. The van der Waals surface area contributed by atoms with Crippen LogP contribution in [0, 0.1) is 0 Å². The second-order valence-corrected chi connectivity index (χ2v) is 6.85. The quantitative estimate of drug-likeness (QED) is 0.870. The SMILES string of the molecule is CN(c1ccc(C(N)=S)cc1)C1CCOC2(CCCC2)C1. The Hall–Kier alpha value is -1.13. The summed E-state index contributed by atoms with van der Waals surface area (Å²) in [7, 11) is 2.19. The summed E-state index contributed by atoms with van der Waals surface area (Å²) in [5.74, 6) is 0. The van der Waals surface area contributed by atoms with Gasteiger partial charge in [-0.2, -0.15) is 0 Å². The lowest BCUT2D eigenvalue weighted by atomic mass is 9.88. The van der Waals surface area contributed by atoms with E-state index in [1.54, 1.807) is 0 Å². The van der Waals surface area contributed by atoms with Crippen LogP contribution < -0.4 is 10.6 Å². The van der Waals surface area contributed by atoms with E-state index in [1.807, 2.05) is 12.1 Å². The van der Waals surface area contributed by atoms with E-state index in [4.69, 9.17) is 22.7 Å². The zero-order valence-electron chi connectivity index (χ0n) is 12.7. The van der Waals surface area contributed by atoms with Gasteiger partial charge in [-0.3, -0.25) is 0 Å². The van der Waals surface area contributed by atoms with Gasteiger partial charge in [0.25, 0.3) is 0 Å². The maximum absolute atomic E-state index is 6.13. The van der Waals surface area contributed by atoms with Crippen LogP contribution in [0.2, 0.25) is 0 Å². The first kappa shape index (κ1) is 14.8.